The van der Waals surface area contributed by atoms with E-state index in [9.17, 15) is 4.79 Å². The molecule has 132 valence electrons. The third-order valence-electron chi connectivity index (χ3n) is 2.79. The van der Waals surface area contributed by atoms with Gasteiger partial charge in [-0.1, -0.05) is 20.8 Å². The zero-order chi connectivity index (χ0) is 18.5. The summed E-state index contributed by atoms with van der Waals surface area (Å²) in [6.45, 7) is 12.2. The lowest BCUT2D eigenvalue weighted by Gasteiger charge is -2.29. The minimum Gasteiger partial charge on any atom is -0.443 e. The Bertz CT molecular complexity index is 629. The average Bonchev–Trinajstić information content (AvgIpc) is 2.41. The standard InChI is InChI=1S/C16H24BrN5O2/c1-15(2,3)7-8-22(21-14(23)24-16(4,5)6)13-11(17)10-19-12(9-18)20-13/h10H,7-8H2,1-6H3,(H,21,23). The number of hydrogen-bond acceptors (Lipinski definition) is 6. The first kappa shape index (κ1) is 20.2. The fourth-order valence-corrected chi connectivity index (χ4v) is 2.08. The van der Waals surface area contributed by atoms with E-state index in [0.29, 0.717) is 16.8 Å². The first-order valence-electron chi connectivity index (χ1n) is 7.61. The molecule has 1 rings (SSSR count). The molecule has 0 aliphatic rings. The third kappa shape index (κ3) is 7.13. The van der Waals surface area contributed by atoms with E-state index in [-0.39, 0.29) is 11.2 Å². The van der Waals surface area contributed by atoms with Crippen molar-refractivity contribution in [3.63, 3.8) is 0 Å². The van der Waals surface area contributed by atoms with Gasteiger partial charge in [0.2, 0.25) is 5.82 Å². The Kier molecular flexibility index (Phi) is 6.55. The van der Waals surface area contributed by atoms with Crippen molar-refractivity contribution in [3.8, 4) is 6.07 Å². The van der Waals surface area contributed by atoms with Gasteiger partial charge in [-0.15, -0.1) is 0 Å². The first-order valence-corrected chi connectivity index (χ1v) is 8.40. The van der Waals surface area contributed by atoms with E-state index in [1.807, 2.05) is 6.07 Å². The highest BCUT2D eigenvalue weighted by Crippen LogP contribution is 2.25. The number of carbonyl (C=O) groups excluding carboxylic acids is 1. The summed E-state index contributed by atoms with van der Waals surface area (Å²) in [7, 11) is 0. The number of anilines is 1. The third-order valence-corrected chi connectivity index (χ3v) is 3.35. The minimum absolute atomic E-state index is 0.0277. The molecule has 1 heterocycles. The summed E-state index contributed by atoms with van der Waals surface area (Å²) in [5.41, 5.74) is 2.15. The molecule has 0 radical (unpaired) electrons. The summed E-state index contributed by atoms with van der Waals surface area (Å²) in [6, 6.07) is 1.90. The van der Waals surface area contributed by atoms with Crippen LogP contribution in [0.25, 0.3) is 0 Å². The number of nitrogens with one attached hydrogen (secondary N) is 1. The topological polar surface area (TPSA) is 91.1 Å². The van der Waals surface area contributed by atoms with Crippen LogP contribution in [0.2, 0.25) is 0 Å². The van der Waals surface area contributed by atoms with Crippen LogP contribution in [0.4, 0.5) is 10.6 Å². The SMILES string of the molecule is CC(C)(C)CCN(NC(=O)OC(C)(C)C)c1nc(C#N)ncc1Br. The number of amides is 1. The summed E-state index contributed by atoms with van der Waals surface area (Å²) >= 11 is 3.36. The van der Waals surface area contributed by atoms with Crippen molar-refractivity contribution in [1.29, 1.82) is 5.26 Å². The second-order valence-corrected chi connectivity index (χ2v) is 8.41. The minimum atomic E-state index is -0.611. The van der Waals surface area contributed by atoms with Crippen molar-refractivity contribution in [2.45, 2.75) is 53.6 Å². The fourth-order valence-electron chi connectivity index (χ4n) is 1.67. The molecule has 7 nitrogen and oxygen atoms in total. The van der Waals surface area contributed by atoms with E-state index in [1.54, 1.807) is 25.8 Å². The maximum atomic E-state index is 12.1. The molecular formula is C16H24BrN5O2. The van der Waals surface area contributed by atoms with Crippen molar-refractivity contribution in [2.24, 2.45) is 5.41 Å². The number of hydrogen-bond donors (Lipinski definition) is 1. The predicted octanol–water partition coefficient (Wildman–Crippen LogP) is 3.79. The molecule has 0 unspecified atom stereocenters. The van der Waals surface area contributed by atoms with Gasteiger partial charge in [0.25, 0.3) is 0 Å². The largest absolute Gasteiger partial charge is 0.443 e. The van der Waals surface area contributed by atoms with E-state index in [4.69, 9.17) is 10.00 Å². The molecular weight excluding hydrogens is 374 g/mol. The van der Waals surface area contributed by atoms with Gasteiger partial charge in [0, 0.05) is 12.7 Å². The summed E-state index contributed by atoms with van der Waals surface area (Å²) < 4.78 is 5.88. The van der Waals surface area contributed by atoms with Crippen LogP contribution in [0.3, 0.4) is 0 Å². The number of carbonyl (C=O) groups is 1. The van der Waals surface area contributed by atoms with E-state index < -0.39 is 11.7 Å². The van der Waals surface area contributed by atoms with Crippen LogP contribution in [0, 0.1) is 16.7 Å². The van der Waals surface area contributed by atoms with Crippen LogP contribution in [0.1, 0.15) is 53.8 Å². The molecule has 0 atom stereocenters. The van der Waals surface area contributed by atoms with Crippen LogP contribution in [0.5, 0.6) is 0 Å². The summed E-state index contributed by atoms with van der Waals surface area (Å²) in [5, 5.41) is 10.6. The summed E-state index contributed by atoms with van der Waals surface area (Å²) in [5.74, 6) is 0.441. The van der Waals surface area contributed by atoms with Gasteiger partial charge in [0.05, 0.1) is 4.47 Å². The molecule has 1 aromatic rings. The van der Waals surface area contributed by atoms with Crippen LogP contribution in [0.15, 0.2) is 10.7 Å². The highest BCUT2D eigenvalue weighted by Gasteiger charge is 2.22. The van der Waals surface area contributed by atoms with E-state index >= 15 is 0 Å². The highest BCUT2D eigenvalue weighted by atomic mass is 79.9. The molecule has 1 N–H and O–H groups in total. The summed E-state index contributed by atoms with van der Waals surface area (Å²) in [4.78, 5) is 20.2. The van der Waals surface area contributed by atoms with E-state index in [2.05, 4.69) is 52.1 Å². The quantitative estimate of drug-likeness (QED) is 0.776. The predicted molar refractivity (Wildman–Crippen MR) is 95.2 cm³/mol. The number of nitriles is 1. The van der Waals surface area contributed by atoms with Crippen molar-refractivity contribution >= 4 is 27.8 Å². The van der Waals surface area contributed by atoms with Crippen molar-refractivity contribution in [3.05, 3.63) is 16.5 Å². The monoisotopic (exact) mass is 397 g/mol. The fraction of sp³-hybridized carbons (Fsp3) is 0.625. The van der Waals surface area contributed by atoms with Crippen LogP contribution in [-0.4, -0.2) is 28.2 Å². The highest BCUT2D eigenvalue weighted by molar-refractivity contribution is 9.10. The molecule has 0 saturated heterocycles. The lowest BCUT2D eigenvalue weighted by atomic mass is 9.92. The Labute approximate surface area is 151 Å². The molecule has 24 heavy (non-hydrogen) atoms. The maximum Gasteiger partial charge on any atom is 0.426 e. The Morgan fingerprint density at radius 3 is 2.50 bits per heavy atom. The van der Waals surface area contributed by atoms with Gasteiger partial charge >= 0.3 is 6.09 Å². The van der Waals surface area contributed by atoms with Gasteiger partial charge in [-0.2, -0.15) is 10.2 Å². The molecule has 0 fully saturated rings. The molecule has 0 aliphatic heterocycles. The smallest absolute Gasteiger partial charge is 0.426 e. The van der Waals surface area contributed by atoms with Gasteiger partial charge in [-0.25, -0.2) is 15.2 Å². The lowest BCUT2D eigenvalue weighted by Crippen LogP contribution is -2.46. The molecule has 1 aromatic heterocycles. The molecule has 8 heteroatoms. The Hall–Kier alpha value is -1.88. The number of hydrazine groups is 1. The second-order valence-electron chi connectivity index (χ2n) is 7.55. The van der Waals surface area contributed by atoms with Crippen LogP contribution >= 0.6 is 15.9 Å². The normalized spacial score (nSPS) is 11.6. The Morgan fingerprint density at radius 2 is 2.00 bits per heavy atom. The number of aromatic nitrogens is 2. The molecule has 0 spiro atoms. The van der Waals surface area contributed by atoms with Gasteiger partial charge in [-0.3, -0.25) is 5.01 Å². The number of rotatable bonds is 4. The van der Waals surface area contributed by atoms with Gasteiger partial charge in [0.15, 0.2) is 5.82 Å². The van der Waals surface area contributed by atoms with Gasteiger partial charge < -0.3 is 4.74 Å². The first-order chi connectivity index (χ1) is 10.9. The van der Waals surface area contributed by atoms with Gasteiger partial charge in [0.1, 0.15) is 11.7 Å². The Morgan fingerprint density at radius 1 is 1.38 bits per heavy atom. The number of nitrogens with zero attached hydrogens (tertiary/aromatic N) is 4. The molecule has 0 bridgehead atoms. The van der Waals surface area contributed by atoms with E-state index in [1.165, 1.54) is 6.20 Å². The molecule has 0 aromatic carbocycles. The van der Waals surface area contributed by atoms with E-state index in [0.717, 1.165) is 6.42 Å². The molecule has 1 amide bonds. The lowest BCUT2D eigenvalue weighted by molar-refractivity contribution is 0.0518. The average molecular weight is 398 g/mol. The van der Waals surface area contributed by atoms with Crippen molar-refractivity contribution in [2.75, 3.05) is 11.6 Å². The number of ether oxygens (including phenoxy) is 1. The second kappa shape index (κ2) is 7.79. The maximum absolute atomic E-state index is 12.1. The number of halogens is 1. The zero-order valence-electron chi connectivity index (χ0n) is 15.0. The molecule has 0 saturated carbocycles. The van der Waals surface area contributed by atoms with Crippen molar-refractivity contribution in [1.82, 2.24) is 15.4 Å². The van der Waals surface area contributed by atoms with Crippen molar-refractivity contribution < 1.29 is 9.53 Å². The van der Waals surface area contributed by atoms with Crippen LogP contribution < -0.4 is 10.4 Å². The zero-order valence-corrected chi connectivity index (χ0v) is 16.6. The van der Waals surface area contributed by atoms with Gasteiger partial charge in [-0.05, 0) is 48.5 Å². The summed E-state index contributed by atoms with van der Waals surface area (Å²) in [6.07, 6.45) is 1.70. The van der Waals surface area contributed by atoms with Crippen LogP contribution in [-0.2, 0) is 4.74 Å². The molecule has 0 aliphatic carbocycles. The Balaban J connectivity index is 3.05.